The average molecular weight is 417 g/mol. The number of nitrogens with zero attached hydrogens (tertiary/aromatic N) is 1. The fourth-order valence-electron chi connectivity index (χ4n) is 7.02. The van der Waals surface area contributed by atoms with Gasteiger partial charge in [0.1, 0.15) is 5.75 Å². The van der Waals surface area contributed by atoms with Crippen LogP contribution in [0.2, 0.25) is 0 Å². The first-order valence-electron chi connectivity index (χ1n) is 11.0. The predicted molar refractivity (Wildman–Crippen MR) is 113 cm³/mol. The van der Waals surface area contributed by atoms with Crippen LogP contribution in [0, 0.1) is 40.4 Å². The van der Waals surface area contributed by atoms with Crippen molar-refractivity contribution in [1.29, 1.82) is 5.26 Å². The van der Waals surface area contributed by atoms with Crippen LogP contribution in [0.25, 0.3) is 0 Å². The maximum Gasteiger partial charge on any atom is 0.260 e. The third-order valence-electron chi connectivity index (χ3n) is 8.36. The number of nitrogens with two attached hydrogens (primary N) is 1. The Hall–Kier alpha value is -1.26. The zero-order valence-corrected chi connectivity index (χ0v) is 18.5. The van der Waals surface area contributed by atoms with E-state index in [-0.39, 0.29) is 5.92 Å². The van der Waals surface area contributed by atoms with Gasteiger partial charge < -0.3 is 4.18 Å². The van der Waals surface area contributed by atoms with E-state index in [0.29, 0.717) is 17.3 Å². The predicted octanol–water partition coefficient (Wildman–Crippen LogP) is 5.64. The molecule has 3 aliphatic rings. The van der Waals surface area contributed by atoms with Crippen molar-refractivity contribution in [3.63, 3.8) is 0 Å². The highest BCUT2D eigenvalue weighted by Crippen LogP contribution is 2.64. The summed E-state index contributed by atoms with van der Waals surface area (Å²) in [5, 5.41) is 9.54. The van der Waals surface area contributed by atoms with Crippen molar-refractivity contribution in [3.05, 3.63) is 28.8 Å². The average Bonchev–Trinajstić information content (AvgIpc) is 3.09. The number of rotatable bonds is 6. The smallest absolute Gasteiger partial charge is 0.260 e. The summed E-state index contributed by atoms with van der Waals surface area (Å²) < 4.78 is 10.3. The van der Waals surface area contributed by atoms with Crippen LogP contribution in [0.15, 0.2) is 12.1 Å². The van der Waals surface area contributed by atoms with Gasteiger partial charge in [0, 0.05) is 5.92 Å². The first-order chi connectivity index (χ1) is 14.0. The molecule has 0 radical (unpaired) electrons. The van der Waals surface area contributed by atoms with Crippen molar-refractivity contribution in [2.45, 2.75) is 71.6 Å². The lowest BCUT2D eigenvalue weighted by Gasteiger charge is -2.51. The fraction of sp³-hybridized carbons (Fsp3) is 0.696. The first-order valence-corrected chi connectivity index (χ1v) is 11.6. The number of hydrogen-bond donors (Lipinski definition) is 1. The molecule has 6 heteroatoms. The highest BCUT2D eigenvalue weighted by atomic mass is 32.2. The van der Waals surface area contributed by atoms with Gasteiger partial charge >= 0.3 is 0 Å². The van der Waals surface area contributed by atoms with Crippen LogP contribution < -0.4 is 10.1 Å². The second kappa shape index (κ2) is 8.47. The number of hydrogen-bond acceptors (Lipinski definition) is 6. The normalized spacial score (nSPS) is 33.9. The summed E-state index contributed by atoms with van der Waals surface area (Å²) in [7, 11) is 0. The molecule has 6 atom stereocenters. The van der Waals surface area contributed by atoms with Gasteiger partial charge in [-0.05, 0) is 104 Å². The third-order valence-corrected chi connectivity index (χ3v) is 8.74. The van der Waals surface area contributed by atoms with Crippen LogP contribution >= 0.6 is 12.3 Å². The van der Waals surface area contributed by atoms with Crippen molar-refractivity contribution in [3.8, 4) is 11.8 Å². The lowest BCUT2D eigenvalue weighted by Crippen LogP contribution is -2.43. The van der Waals surface area contributed by atoms with E-state index in [1.165, 1.54) is 48.8 Å². The third kappa shape index (κ3) is 3.57. The molecule has 0 heterocycles. The molecule has 158 valence electrons. The van der Waals surface area contributed by atoms with Gasteiger partial charge in [-0.2, -0.15) is 11.2 Å². The van der Waals surface area contributed by atoms with Gasteiger partial charge in [-0.25, -0.2) is 0 Å². The Kier molecular flexibility index (Phi) is 6.13. The Morgan fingerprint density at radius 2 is 2.14 bits per heavy atom. The molecule has 1 aromatic carbocycles. The first kappa shape index (κ1) is 21.0. The Bertz CT molecular complexity index is 795. The lowest BCUT2D eigenvalue weighted by atomic mass is 9.53. The SMILES string of the molecule is CCc1cc2c(cc1OSOON)CC[C@@H]1[C@@H]2CC[C@]2(C)[C@@H](C(C)C#N)CC[C@@H]12. The van der Waals surface area contributed by atoms with Gasteiger partial charge in [-0.15, -0.1) is 9.32 Å². The van der Waals surface area contributed by atoms with Crippen molar-refractivity contribution >= 4 is 12.3 Å². The standard InChI is InChI=1S/C23H32N2O3S/c1-4-15-11-19-16(12-22(15)26-29-28-27-25)5-6-18-17(19)9-10-23(3)20(14(2)13-24)7-8-21(18)23/h11-12,14,17-18,20-21H,4-10,25H2,1-3H3/t14?,17-,18+,20+,21-,23+/m0/s1. The minimum Gasteiger partial charge on any atom is -0.398 e. The Morgan fingerprint density at radius 1 is 1.31 bits per heavy atom. The summed E-state index contributed by atoms with van der Waals surface area (Å²) in [5.74, 6) is 8.61. The molecular weight excluding hydrogens is 384 g/mol. The molecule has 0 spiro atoms. The van der Waals surface area contributed by atoms with Gasteiger partial charge in [0.05, 0.1) is 6.07 Å². The van der Waals surface area contributed by atoms with Crippen LogP contribution in [-0.2, 0) is 22.2 Å². The van der Waals surface area contributed by atoms with Gasteiger partial charge in [0.25, 0.3) is 12.3 Å². The molecule has 3 aliphatic carbocycles. The van der Waals surface area contributed by atoms with Crippen LogP contribution in [0.5, 0.6) is 5.75 Å². The molecule has 29 heavy (non-hydrogen) atoms. The highest BCUT2D eigenvalue weighted by molar-refractivity contribution is 7.90. The molecule has 0 aliphatic heterocycles. The molecular formula is C23H32N2O3S. The minimum atomic E-state index is 0.168. The van der Waals surface area contributed by atoms with E-state index >= 15 is 0 Å². The maximum atomic E-state index is 9.54. The summed E-state index contributed by atoms with van der Waals surface area (Å²) in [4.78, 5) is 4.12. The summed E-state index contributed by atoms with van der Waals surface area (Å²) >= 11 is 0.753. The quantitative estimate of drug-likeness (QED) is 0.280. The summed E-state index contributed by atoms with van der Waals surface area (Å²) in [6, 6.07) is 7.12. The van der Waals surface area contributed by atoms with E-state index < -0.39 is 0 Å². The van der Waals surface area contributed by atoms with Crippen molar-refractivity contribution in [2.75, 3.05) is 0 Å². The topological polar surface area (TPSA) is 77.5 Å². The molecule has 5 nitrogen and oxygen atoms in total. The molecule has 1 aromatic rings. The Balaban J connectivity index is 1.60. The highest BCUT2D eigenvalue weighted by Gasteiger charge is 2.55. The maximum absolute atomic E-state index is 9.54. The number of nitriles is 1. The van der Waals surface area contributed by atoms with Crippen molar-refractivity contribution in [2.24, 2.45) is 35.0 Å². The van der Waals surface area contributed by atoms with Gasteiger partial charge in [-0.3, -0.25) is 0 Å². The van der Waals surface area contributed by atoms with Crippen LogP contribution in [-0.4, -0.2) is 0 Å². The van der Waals surface area contributed by atoms with E-state index in [1.807, 2.05) is 0 Å². The van der Waals surface area contributed by atoms with Gasteiger partial charge in [0.15, 0.2) is 0 Å². The molecule has 1 unspecified atom stereocenters. The van der Waals surface area contributed by atoms with E-state index in [0.717, 1.165) is 42.8 Å². The molecule has 2 saturated carbocycles. The molecule has 0 amide bonds. The molecule has 4 rings (SSSR count). The second-order valence-corrected chi connectivity index (χ2v) is 9.83. The van der Waals surface area contributed by atoms with E-state index in [4.69, 9.17) is 10.1 Å². The monoisotopic (exact) mass is 416 g/mol. The minimum absolute atomic E-state index is 0.168. The summed E-state index contributed by atoms with van der Waals surface area (Å²) in [6.07, 6.45) is 8.24. The molecule has 0 aromatic heterocycles. The number of fused-ring (bicyclic) bond motifs is 5. The zero-order chi connectivity index (χ0) is 20.6. The number of aryl methyl sites for hydroxylation is 2. The van der Waals surface area contributed by atoms with Crippen LogP contribution in [0.4, 0.5) is 0 Å². The zero-order valence-electron chi connectivity index (χ0n) is 17.6. The number of benzene rings is 1. The van der Waals surface area contributed by atoms with Crippen LogP contribution in [0.1, 0.15) is 75.5 Å². The van der Waals surface area contributed by atoms with E-state index in [2.05, 4.69) is 48.3 Å². The van der Waals surface area contributed by atoms with E-state index in [9.17, 15) is 5.26 Å². The fourth-order valence-corrected chi connectivity index (χ4v) is 7.31. The summed E-state index contributed by atoms with van der Waals surface area (Å²) in [5.41, 5.74) is 4.48. The largest absolute Gasteiger partial charge is 0.398 e. The Morgan fingerprint density at radius 3 is 2.86 bits per heavy atom. The van der Waals surface area contributed by atoms with Crippen LogP contribution in [0.3, 0.4) is 0 Å². The summed E-state index contributed by atoms with van der Waals surface area (Å²) in [6.45, 7) is 6.77. The lowest BCUT2D eigenvalue weighted by molar-refractivity contribution is -0.199. The van der Waals surface area contributed by atoms with Crippen molar-refractivity contribution < 1.29 is 13.5 Å². The van der Waals surface area contributed by atoms with Gasteiger partial charge in [0.2, 0.25) is 0 Å². The Labute approximate surface area is 178 Å². The molecule has 0 saturated heterocycles. The molecule has 0 bridgehead atoms. The van der Waals surface area contributed by atoms with Gasteiger partial charge in [-0.1, -0.05) is 19.9 Å². The second-order valence-electron chi connectivity index (χ2n) is 9.39. The van der Waals surface area contributed by atoms with E-state index in [1.54, 1.807) is 0 Å². The van der Waals surface area contributed by atoms with Crippen molar-refractivity contribution in [1.82, 2.24) is 0 Å². The molecule has 2 fully saturated rings. The molecule has 2 N–H and O–H groups in total.